The van der Waals surface area contributed by atoms with Gasteiger partial charge in [-0.3, -0.25) is 4.90 Å². The average Bonchev–Trinajstić information content (AvgIpc) is 2.33. The van der Waals surface area contributed by atoms with Crippen molar-refractivity contribution in [2.24, 2.45) is 5.73 Å². The highest BCUT2D eigenvalue weighted by atomic mass is 16.5. The van der Waals surface area contributed by atoms with E-state index in [1.807, 2.05) is 0 Å². The van der Waals surface area contributed by atoms with Gasteiger partial charge in [-0.2, -0.15) is 0 Å². The molecule has 1 fully saturated rings. The predicted octanol–water partition coefficient (Wildman–Crippen LogP) is 0.446. The van der Waals surface area contributed by atoms with Crippen LogP contribution in [-0.2, 0) is 4.74 Å². The largest absolute Gasteiger partial charge is 0.380 e. The molecule has 0 amide bonds. The number of hydrogen-bond donors (Lipinski definition) is 1. The number of rotatable bonds is 3. The Labute approximate surface area is 74.9 Å². The van der Waals surface area contributed by atoms with Crippen LogP contribution in [0.4, 0.5) is 0 Å². The molecule has 0 aliphatic carbocycles. The lowest BCUT2D eigenvalue weighted by molar-refractivity contribution is 0.140. The van der Waals surface area contributed by atoms with Gasteiger partial charge in [0.25, 0.3) is 0 Å². The van der Waals surface area contributed by atoms with E-state index in [0.29, 0.717) is 6.04 Å². The Morgan fingerprint density at radius 3 is 3.00 bits per heavy atom. The van der Waals surface area contributed by atoms with Crippen LogP contribution in [-0.4, -0.2) is 43.8 Å². The van der Waals surface area contributed by atoms with Gasteiger partial charge in [0.05, 0.1) is 6.61 Å². The molecule has 1 aliphatic heterocycles. The summed E-state index contributed by atoms with van der Waals surface area (Å²) in [5, 5.41) is 0. The molecule has 0 spiro atoms. The second-order valence-corrected chi connectivity index (χ2v) is 3.43. The van der Waals surface area contributed by atoms with Crippen molar-refractivity contribution >= 4 is 0 Å². The minimum atomic E-state index is 0.336. The quantitative estimate of drug-likeness (QED) is 0.671. The first-order chi connectivity index (χ1) is 5.83. The van der Waals surface area contributed by atoms with E-state index in [0.717, 1.165) is 45.7 Å². The lowest BCUT2D eigenvalue weighted by Gasteiger charge is -2.22. The maximum atomic E-state index is 5.87. The van der Waals surface area contributed by atoms with Crippen LogP contribution in [0.2, 0.25) is 0 Å². The fourth-order valence-corrected chi connectivity index (χ4v) is 1.44. The summed E-state index contributed by atoms with van der Waals surface area (Å²) in [4.78, 5) is 2.40. The number of hydrogen-bond acceptors (Lipinski definition) is 3. The lowest BCUT2D eigenvalue weighted by atomic mass is 10.2. The molecule has 1 unspecified atom stereocenters. The third-order valence-electron chi connectivity index (χ3n) is 2.33. The molecule has 1 atom stereocenters. The van der Waals surface area contributed by atoms with Gasteiger partial charge in [-0.25, -0.2) is 0 Å². The molecule has 3 nitrogen and oxygen atoms in total. The van der Waals surface area contributed by atoms with E-state index < -0.39 is 0 Å². The van der Waals surface area contributed by atoms with Crippen molar-refractivity contribution in [3.63, 3.8) is 0 Å². The van der Waals surface area contributed by atoms with Gasteiger partial charge in [-0.1, -0.05) is 6.92 Å². The Kier molecular flexibility index (Phi) is 4.58. The van der Waals surface area contributed by atoms with Gasteiger partial charge in [-0.15, -0.1) is 0 Å². The maximum absolute atomic E-state index is 5.87. The summed E-state index contributed by atoms with van der Waals surface area (Å²) in [5.74, 6) is 0. The number of nitrogens with zero attached hydrogens (tertiary/aromatic N) is 1. The van der Waals surface area contributed by atoms with Crippen LogP contribution in [0.5, 0.6) is 0 Å². The Morgan fingerprint density at radius 2 is 2.25 bits per heavy atom. The zero-order valence-corrected chi connectivity index (χ0v) is 7.96. The number of nitrogens with two attached hydrogens (primary N) is 1. The van der Waals surface area contributed by atoms with Gasteiger partial charge >= 0.3 is 0 Å². The first kappa shape index (κ1) is 9.96. The normalized spacial score (nSPS) is 23.5. The second kappa shape index (κ2) is 5.51. The summed E-state index contributed by atoms with van der Waals surface area (Å²) in [7, 11) is 0. The van der Waals surface area contributed by atoms with Gasteiger partial charge in [-0.05, 0) is 12.8 Å². The highest BCUT2D eigenvalue weighted by Crippen LogP contribution is 2.00. The third kappa shape index (κ3) is 3.52. The van der Waals surface area contributed by atoms with Gasteiger partial charge in [0, 0.05) is 32.3 Å². The molecule has 1 aliphatic rings. The summed E-state index contributed by atoms with van der Waals surface area (Å²) in [6, 6.07) is 0.336. The first-order valence-electron chi connectivity index (χ1n) is 4.88. The molecule has 1 saturated heterocycles. The highest BCUT2D eigenvalue weighted by molar-refractivity contribution is 4.68. The minimum absolute atomic E-state index is 0.336. The summed E-state index contributed by atoms with van der Waals surface area (Å²) in [5.41, 5.74) is 5.87. The molecule has 1 rings (SSSR count). The van der Waals surface area contributed by atoms with Crippen molar-refractivity contribution in [1.29, 1.82) is 0 Å². The van der Waals surface area contributed by atoms with Crippen LogP contribution in [0.15, 0.2) is 0 Å². The van der Waals surface area contributed by atoms with Crippen LogP contribution < -0.4 is 5.73 Å². The first-order valence-corrected chi connectivity index (χ1v) is 4.88. The molecule has 2 N–H and O–H groups in total. The third-order valence-corrected chi connectivity index (χ3v) is 2.33. The Morgan fingerprint density at radius 1 is 1.42 bits per heavy atom. The topological polar surface area (TPSA) is 38.5 Å². The average molecular weight is 172 g/mol. The standard InChI is InChI=1S/C9H20N2O/c1-2-9(10)8-11-4-3-6-12-7-5-11/h9H,2-8,10H2,1H3. The molecule has 0 saturated carbocycles. The molecule has 0 aromatic heterocycles. The molecule has 0 bridgehead atoms. The van der Waals surface area contributed by atoms with E-state index in [-0.39, 0.29) is 0 Å². The zero-order valence-electron chi connectivity index (χ0n) is 7.96. The fraction of sp³-hybridized carbons (Fsp3) is 1.00. The molecule has 0 aromatic rings. The summed E-state index contributed by atoms with van der Waals surface area (Å²) >= 11 is 0. The van der Waals surface area contributed by atoms with E-state index in [9.17, 15) is 0 Å². The van der Waals surface area contributed by atoms with Crippen LogP contribution in [0.1, 0.15) is 19.8 Å². The van der Waals surface area contributed by atoms with Crippen molar-refractivity contribution in [3.8, 4) is 0 Å². The molecule has 72 valence electrons. The van der Waals surface area contributed by atoms with Gasteiger partial charge in [0.1, 0.15) is 0 Å². The smallest absolute Gasteiger partial charge is 0.0593 e. The number of ether oxygens (including phenoxy) is 1. The summed E-state index contributed by atoms with van der Waals surface area (Å²) in [6.45, 7) is 7.15. The molecule has 12 heavy (non-hydrogen) atoms. The van der Waals surface area contributed by atoms with Crippen LogP contribution >= 0.6 is 0 Å². The molecule has 3 heteroatoms. The predicted molar refractivity (Wildman–Crippen MR) is 50.1 cm³/mol. The molecule has 1 heterocycles. The lowest BCUT2D eigenvalue weighted by Crippen LogP contribution is -2.38. The van der Waals surface area contributed by atoms with Gasteiger partial charge in [0.2, 0.25) is 0 Å². The molecule has 0 aromatic carbocycles. The van der Waals surface area contributed by atoms with Crippen LogP contribution in [0, 0.1) is 0 Å². The molecular weight excluding hydrogens is 152 g/mol. The SMILES string of the molecule is CCC(N)CN1CCCOCC1. The van der Waals surface area contributed by atoms with Gasteiger partial charge < -0.3 is 10.5 Å². The molecule has 0 radical (unpaired) electrons. The van der Waals surface area contributed by atoms with E-state index in [4.69, 9.17) is 10.5 Å². The second-order valence-electron chi connectivity index (χ2n) is 3.43. The van der Waals surface area contributed by atoms with E-state index in [1.165, 1.54) is 0 Å². The Balaban J connectivity index is 2.20. The van der Waals surface area contributed by atoms with Crippen molar-refractivity contribution in [2.75, 3.05) is 32.8 Å². The summed E-state index contributed by atoms with van der Waals surface area (Å²) < 4.78 is 5.36. The van der Waals surface area contributed by atoms with Gasteiger partial charge in [0.15, 0.2) is 0 Å². The molecular formula is C9H20N2O. The fourth-order valence-electron chi connectivity index (χ4n) is 1.44. The monoisotopic (exact) mass is 172 g/mol. The van der Waals surface area contributed by atoms with Crippen LogP contribution in [0.25, 0.3) is 0 Å². The van der Waals surface area contributed by atoms with Crippen molar-refractivity contribution < 1.29 is 4.74 Å². The van der Waals surface area contributed by atoms with Crippen molar-refractivity contribution in [3.05, 3.63) is 0 Å². The van der Waals surface area contributed by atoms with Crippen LogP contribution in [0.3, 0.4) is 0 Å². The maximum Gasteiger partial charge on any atom is 0.0593 e. The Hall–Kier alpha value is -0.120. The Bertz CT molecular complexity index is 111. The van der Waals surface area contributed by atoms with E-state index in [1.54, 1.807) is 0 Å². The minimum Gasteiger partial charge on any atom is -0.380 e. The highest BCUT2D eigenvalue weighted by Gasteiger charge is 2.11. The van der Waals surface area contributed by atoms with E-state index >= 15 is 0 Å². The van der Waals surface area contributed by atoms with E-state index in [2.05, 4.69) is 11.8 Å². The summed E-state index contributed by atoms with van der Waals surface area (Å²) in [6.07, 6.45) is 2.22. The zero-order chi connectivity index (χ0) is 8.81. The van der Waals surface area contributed by atoms with Crippen molar-refractivity contribution in [1.82, 2.24) is 4.90 Å². The van der Waals surface area contributed by atoms with Crippen molar-refractivity contribution in [2.45, 2.75) is 25.8 Å².